The third kappa shape index (κ3) is 61.2. The normalized spacial score (nSPS) is 12.8. The van der Waals surface area contributed by atoms with E-state index in [9.17, 15) is 24.3 Å². The third-order valence-electron chi connectivity index (χ3n) is 19.8. The van der Waals surface area contributed by atoms with E-state index in [1.54, 1.807) is 0 Å². The Bertz CT molecular complexity index is 1770. The molecule has 0 saturated carbocycles. The molecule has 0 heterocycles. The van der Waals surface area contributed by atoms with Crippen LogP contribution in [0.2, 0.25) is 0 Å². The predicted molar refractivity (Wildman–Crippen MR) is 398 cm³/mol. The summed E-state index contributed by atoms with van der Waals surface area (Å²) >= 11 is 0. The van der Waals surface area contributed by atoms with Crippen molar-refractivity contribution in [3.8, 4) is 0 Å². The Morgan fingerprint density at radius 2 is 0.596 bits per heavy atom. The van der Waals surface area contributed by atoms with Gasteiger partial charge in [0.2, 0.25) is 0 Å². The average Bonchev–Trinajstić information content (AvgIpc) is 1.04. The quantitative estimate of drug-likeness (QED) is 0.0371. The molecule has 10 heteroatoms. The van der Waals surface area contributed by atoms with Gasteiger partial charge in [0.15, 0.2) is 6.10 Å². The molecular formula is C84H155NO9. The summed E-state index contributed by atoms with van der Waals surface area (Å²) in [6, 6.07) is 9.11. The largest absolute Gasteiger partial charge is 0.462 e. The molecule has 0 radical (unpaired) electrons. The average molecular weight is 1320 g/mol. The minimum absolute atomic E-state index is 0.0162. The highest BCUT2D eigenvalue weighted by Crippen LogP contribution is 2.24. The van der Waals surface area contributed by atoms with Crippen molar-refractivity contribution in [1.29, 1.82) is 0 Å². The van der Waals surface area contributed by atoms with Crippen molar-refractivity contribution in [3.63, 3.8) is 0 Å². The number of aliphatic hydroxyl groups excluding tert-OH is 1. The van der Waals surface area contributed by atoms with Crippen LogP contribution >= 0.6 is 0 Å². The van der Waals surface area contributed by atoms with Crippen LogP contribution in [0.4, 0.5) is 4.79 Å². The van der Waals surface area contributed by atoms with Gasteiger partial charge in [-0.3, -0.25) is 4.79 Å². The molecule has 0 aliphatic rings. The second-order valence-corrected chi connectivity index (χ2v) is 29.4. The molecule has 0 spiro atoms. The number of rotatable bonds is 74. The van der Waals surface area contributed by atoms with Gasteiger partial charge in [0, 0.05) is 6.54 Å². The molecule has 1 aromatic carbocycles. The highest BCUT2D eigenvalue weighted by Gasteiger charge is 2.39. The Hall–Kier alpha value is -3.14. The molecule has 0 aliphatic heterocycles. The van der Waals surface area contributed by atoms with Crippen LogP contribution in [-0.2, 0) is 39.9 Å². The van der Waals surface area contributed by atoms with Crippen molar-refractivity contribution >= 4 is 24.0 Å². The summed E-state index contributed by atoms with van der Waals surface area (Å²) in [6.45, 7) is 5.86. The van der Waals surface area contributed by atoms with Crippen LogP contribution in [0, 0.1) is 5.41 Å². The number of unbranched alkanes of at least 4 members (excludes halogenated alkanes) is 62. The van der Waals surface area contributed by atoms with Crippen molar-refractivity contribution < 1.29 is 43.2 Å². The lowest BCUT2D eigenvalue weighted by atomic mass is 9.93. The topological polar surface area (TPSA) is 137 Å². The highest BCUT2D eigenvalue weighted by atomic mass is 16.6. The predicted octanol–water partition coefficient (Wildman–Crippen LogP) is 25.9. The number of carbonyl (C=O) groups is 4. The summed E-state index contributed by atoms with van der Waals surface area (Å²) in [5, 5.41) is 12.1. The maximum atomic E-state index is 13.2. The SMILES string of the molecule is CCCCCCCCCCCCCCCCCCCCCCCCCCCCCCCCCCCCCCCCCCCCCCCCCCCCCCCCCCCCCCCCCNC(=O)OCC(C)(COC(=O)C(C)OC(=O)C(C)O)C(=O)OCc1ccccc1. The van der Waals surface area contributed by atoms with Crippen LogP contribution in [0.5, 0.6) is 0 Å². The van der Waals surface area contributed by atoms with Gasteiger partial charge in [0.25, 0.3) is 0 Å². The molecular weight excluding hydrogens is 1170 g/mol. The number of hydrogen-bond donors (Lipinski definition) is 2. The van der Waals surface area contributed by atoms with Gasteiger partial charge in [0.05, 0.1) is 0 Å². The number of ether oxygens (including phenoxy) is 4. The Morgan fingerprint density at radius 3 is 0.851 bits per heavy atom. The smallest absolute Gasteiger partial charge is 0.407 e. The van der Waals surface area contributed by atoms with Gasteiger partial charge in [-0.2, -0.15) is 0 Å². The summed E-state index contributed by atoms with van der Waals surface area (Å²) in [4.78, 5) is 50.1. The van der Waals surface area contributed by atoms with Crippen molar-refractivity contribution in [2.24, 2.45) is 5.41 Å². The second-order valence-electron chi connectivity index (χ2n) is 29.4. The zero-order valence-corrected chi connectivity index (χ0v) is 62.6. The molecule has 0 saturated heterocycles. The van der Waals surface area contributed by atoms with E-state index < -0.39 is 54.8 Å². The molecule has 10 nitrogen and oxygen atoms in total. The van der Waals surface area contributed by atoms with Crippen LogP contribution in [-0.4, -0.2) is 61.1 Å². The van der Waals surface area contributed by atoms with Crippen LogP contribution < -0.4 is 5.32 Å². The number of alkyl carbamates (subject to hydrolysis) is 1. The first-order valence-electron chi connectivity index (χ1n) is 41.3. The van der Waals surface area contributed by atoms with E-state index in [0.29, 0.717) is 6.54 Å². The number of esters is 3. The van der Waals surface area contributed by atoms with Crippen molar-refractivity contribution in [2.75, 3.05) is 19.8 Å². The fraction of sp³-hybridized carbons (Fsp3) is 0.881. The zero-order valence-electron chi connectivity index (χ0n) is 62.6. The van der Waals surface area contributed by atoms with E-state index in [-0.39, 0.29) is 6.61 Å². The maximum Gasteiger partial charge on any atom is 0.407 e. The van der Waals surface area contributed by atoms with Gasteiger partial charge in [-0.25, -0.2) is 14.4 Å². The number of aliphatic hydroxyl groups is 1. The molecule has 550 valence electrons. The van der Waals surface area contributed by atoms with E-state index in [4.69, 9.17) is 18.9 Å². The lowest BCUT2D eigenvalue weighted by molar-refractivity contribution is -0.177. The molecule has 1 amide bonds. The Balaban J connectivity index is 1.75. The molecule has 0 fully saturated rings. The first-order valence-corrected chi connectivity index (χ1v) is 41.3. The van der Waals surface area contributed by atoms with E-state index >= 15 is 0 Å². The van der Waals surface area contributed by atoms with Gasteiger partial charge in [0.1, 0.15) is 31.3 Å². The Labute approximate surface area is 581 Å². The minimum atomic E-state index is -1.53. The fourth-order valence-corrected chi connectivity index (χ4v) is 13.2. The number of benzene rings is 1. The lowest BCUT2D eigenvalue weighted by Gasteiger charge is -2.27. The number of hydrogen-bond acceptors (Lipinski definition) is 9. The standard InChI is InChI=1S/C84H155NO9/c1-5-6-7-8-9-10-11-12-13-14-15-16-17-18-19-20-21-22-23-24-25-26-27-28-29-30-31-32-33-34-35-36-37-38-39-40-41-42-43-44-45-46-47-48-49-50-51-52-53-54-55-56-57-58-59-60-61-62-63-64-65-66-70-73-85-83(90)93-76-84(4,82(89)91-74-79-71-68-67-69-72-79)75-92-81(88)78(3)94-80(87)77(2)86/h67-69,71-72,77-78,86H,5-66,70,73-76H2,1-4H3,(H,85,90). The van der Waals surface area contributed by atoms with Gasteiger partial charge < -0.3 is 29.4 Å². The molecule has 3 atom stereocenters. The van der Waals surface area contributed by atoms with E-state index in [1.807, 2.05) is 30.3 Å². The van der Waals surface area contributed by atoms with E-state index in [0.717, 1.165) is 24.8 Å². The molecule has 1 rings (SSSR count). The second kappa shape index (κ2) is 69.7. The monoisotopic (exact) mass is 1320 g/mol. The molecule has 0 aliphatic carbocycles. The molecule has 0 bridgehead atoms. The summed E-state index contributed by atoms with van der Waals surface area (Å²) < 4.78 is 21.1. The van der Waals surface area contributed by atoms with Crippen molar-refractivity contribution in [1.82, 2.24) is 5.32 Å². The lowest BCUT2D eigenvalue weighted by Crippen LogP contribution is -2.42. The Kier molecular flexibility index (Phi) is 65.9. The Morgan fingerprint density at radius 1 is 0.351 bits per heavy atom. The summed E-state index contributed by atoms with van der Waals surface area (Å²) in [7, 11) is 0. The molecule has 94 heavy (non-hydrogen) atoms. The van der Waals surface area contributed by atoms with Crippen molar-refractivity contribution in [2.45, 2.75) is 451 Å². The molecule has 2 N–H and O–H groups in total. The third-order valence-corrected chi connectivity index (χ3v) is 19.8. The fourth-order valence-electron chi connectivity index (χ4n) is 13.2. The van der Waals surface area contributed by atoms with Crippen LogP contribution in [0.25, 0.3) is 0 Å². The number of carbonyl (C=O) groups excluding carboxylic acids is 4. The van der Waals surface area contributed by atoms with E-state index in [1.165, 1.54) is 406 Å². The highest BCUT2D eigenvalue weighted by molar-refractivity contribution is 5.82. The van der Waals surface area contributed by atoms with Crippen LogP contribution in [0.3, 0.4) is 0 Å². The first kappa shape index (κ1) is 88.9. The van der Waals surface area contributed by atoms with Crippen LogP contribution in [0.1, 0.15) is 438 Å². The van der Waals surface area contributed by atoms with Gasteiger partial charge >= 0.3 is 24.0 Å². The minimum Gasteiger partial charge on any atom is -0.462 e. The molecule has 1 aromatic rings. The van der Waals surface area contributed by atoms with Gasteiger partial charge in [-0.15, -0.1) is 0 Å². The van der Waals surface area contributed by atoms with Crippen LogP contribution in [0.15, 0.2) is 30.3 Å². The molecule has 0 aromatic heterocycles. The summed E-state index contributed by atoms with van der Waals surface area (Å²) in [6.07, 6.45) is 86.3. The number of nitrogens with one attached hydrogen (secondary N) is 1. The maximum absolute atomic E-state index is 13.2. The van der Waals surface area contributed by atoms with E-state index in [2.05, 4.69) is 12.2 Å². The number of amides is 1. The summed E-state index contributed by atoms with van der Waals surface area (Å²) in [5.74, 6) is -2.62. The molecule has 3 unspecified atom stereocenters. The summed E-state index contributed by atoms with van der Waals surface area (Å²) in [5.41, 5.74) is -0.765. The van der Waals surface area contributed by atoms with Gasteiger partial charge in [-0.1, -0.05) is 435 Å². The zero-order chi connectivity index (χ0) is 68.0. The van der Waals surface area contributed by atoms with Gasteiger partial charge in [-0.05, 0) is 32.8 Å². The first-order chi connectivity index (χ1) is 46.1. The van der Waals surface area contributed by atoms with Crippen molar-refractivity contribution in [3.05, 3.63) is 35.9 Å².